The van der Waals surface area contributed by atoms with Crippen LogP contribution in [0.25, 0.3) is 10.1 Å². The van der Waals surface area contributed by atoms with E-state index in [-0.39, 0.29) is 17.9 Å². The summed E-state index contributed by atoms with van der Waals surface area (Å²) in [7, 11) is 0. The second kappa shape index (κ2) is 8.35. The van der Waals surface area contributed by atoms with Crippen molar-refractivity contribution in [1.82, 2.24) is 10.6 Å². The summed E-state index contributed by atoms with van der Waals surface area (Å²) >= 11 is 1.51. The van der Waals surface area contributed by atoms with Crippen LogP contribution in [0.4, 0.5) is 0 Å². The highest BCUT2D eigenvalue weighted by Crippen LogP contribution is 2.30. The minimum atomic E-state index is -0.0853. The van der Waals surface area contributed by atoms with Crippen molar-refractivity contribution in [1.29, 1.82) is 0 Å². The molecule has 2 N–H and O–H groups in total. The van der Waals surface area contributed by atoms with Crippen LogP contribution in [0.1, 0.15) is 51.4 Å². The summed E-state index contributed by atoms with van der Waals surface area (Å²) in [5.74, 6) is -0.166. The Balaban J connectivity index is 1.69. The lowest BCUT2D eigenvalue weighted by Crippen LogP contribution is -2.32. The molecule has 0 aliphatic heterocycles. The first-order valence-electron chi connectivity index (χ1n) is 9.15. The fourth-order valence-corrected chi connectivity index (χ4v) is 4.01. The van der Waals surface area contributed by atoms with Crippen molar-refractivity contribution in [3.63, 3.8) is 0 Å². The summed E-state index contributed by atoms with van der Waals surface area (Å²) in [6.07, 6.45) is 0.885. The van der Waals surface area contributed by atoms with Crippen molar-refractivity contribution >= 4 is 33.2 Å². The minimum absolute atomic E-state index is 0.0804. The molecule has 1 unspecified atom stereocenters. The van der Waals surface area contributed by atoms with Crippen LogP contribution in [0.15, 0.2) is 48.5 Å². The summed E-state index contributed by atoms with van der Waals surface area (Å²) < 4.78 is 1.11. The maximum Gasteiger partial charge on any atom is 0.261 e. The summed E-state index contributed by atoms with van der Waals surface area (Å²) in [5.41, 5.74) is 2.52. The molecule has 2 amide bonds. The molecule has 0 radical (unpaired) electrons. The maximum absolute atomic E-state index is 12.6. The molecule has 5 heteroatoms. The smallest absolute Gasteiger partial charge is 0.261 e. The number of nitrogens with one attached hydrogen (secondary N) is 2. The van der Waals surface area contributed by atoms with Crippen molar-refractivity contribution in [2.75, 3.05) is 0 Å². The zero-order valence-electron chi connectivity index (χ0n) is 15.8. The van der Waals surface area contributed by atoms with Crippen molar-refractivity contribution < 1.29 is 9.59 Å². The van der Waals surface area contributed by atoms with Crippen LogP contribution in [-0.2, 0) is 6.54 Å². The van der Waals surface area contributed by atoms with Crippen LogP contribution < -0.4 is 10.6 Å². The molecule has 140 valence electrons. The van der Waals surface area contributed by atoms with Gasteiger partial charge in [-0.2, -0.15) is 0 Å². The van der Waals surface area contributed by atoms with E-state index in [2.05, 4.69) is 10.6 Å². The first-order valence-corrected chi connectivity index (χ1v) is 9.97. The Morgan fingerprint density at radius 3 is 2.59 bits per heavy atom. The van der Waals surface area contributed by atoms with Gasteiger partial charge < -0.3 is 10.6 Å². The highest BCUT2D eigenvalue weighted by molar-refractivity contribution is 7.21. The Morgan fingerprint density at radius 2 is 1.85 bits per heavy atom. The van der Waals surface area contributed by atoms with E-state index in [1.807, 2.05) is 63.2 Å². The van der Waals surface area contributed by atoms with E-state index in [9.17, 15) is 9.59 Å². The number of carbonyl (C=O) groups is 2. The molecule has 1 aromatic heterocycles. The highest BCUT2D eigenvalue weighted by atomic mass is 32.1. The lowest BCUT2D eigenvalue weighted by atomic mass is 10.1. The Bertz CT molecular complexity index is 977. The van der Waals surface area contributed by atoms with Gasteiger partial charge in [0.25, 0.3) is 11.8 Å². The van der Waals surface area contributed by atoms with Crippen LogP contribution >= 0.6 is 11.3 Å². The van der Waals surface area contributed by atoms with E-state index in [1.54, 1.807) is 6.07 Å². The second-order valence-electron chi connectivity index (χ2n) is 6.72. The van der Waals surface area contributed by atoms with E-state index in [4.69, 9.17) is 0 Å². The molecular weight excluding hydrogens is 356 g/mol. The van der Waals surface area contributed by atoms with E-state index in [1.165, 1.54) is 11.3 Å². The van der Waals surface area contributed by atoms with Gasteiger partial charge in [0.15, 0.2) is 0 Å². The molecule has 1 heterocycles. The standard InChI is InChI=1S/C22H24N2O2S/c1-4-14(2)24-21(25)17-9-7-8-16(12-17)13-23-22(26)20-15(3)18-10-5-6-11-19(18)27-20/h5-12,14H,4,13H2,1-3H3,(H,23,26)(H,24,25). The predicted molar refractivity (Wildman–Crippen MR) is 111 cm³/mol. The van der Waals surface area contributed by atoms with Crippen LogP contribution in [-0.4, -0.2) is 17.9 Å². The lowest BCUT2D eigenvalue weighted by molar-refractivity contribution is 0.0937. The second-order valence-corrected chi connectivity index (χ2v) is 7.77. The highest BCUT2D eigenvalue weighted by Gasteiger charge is 2.15. The topological polar surface area (TPSA) is 58.2 Å². The van der Waals surface area contributed by atoms with Crippen molar-refractivity contribution in [2.45, 2.75) is 39.8 Å². The van der Waals surface area contributed by atoms with Gasteiger partial charge in [-0.25, -0.2) is 0 Å². The Morgan fingerprint density at radius 1 is 1.07 bits per heavy atom. The first kappa shape index (κ1) is 19.1. The molecular formula is C22H24N2O2S. The number of carbonyl (C=O) groups excluding carboxylic acids is 2. The number of hydrogen-bond acceptors (Lipinski definition) is 3. The van der Waals surface area contributed by atoms with Gasteiger partial charge in [0.05, 0.1) is 4.88 Å². The number of hydrogen-bond donors (Lipinski definition) is 2. The fourth-order valence-electron chi connectivity index (χ4n) is 2.89. The third kappa shape index (κ3) is 4.37. The van der Waals surface area contributed by atoms with Gasteiger partial charge in [-0.1, -0.05) is 37.3 Å². The van der Waals surface area contributed by atoms with Crippen molar-refractivity contribution in [3.05, 3.63) is 70.1 Å². The Hall–Kier alpha value is -2.66. The largest absolute Gasteiger partial charge is 0.350 e. The fraction of sp³-hybridized carbons (Fsp3) is 0.273. The molecule has 0 aliphatic carbocycles. The summed E-state index contributed by atoms with van der Waals surface area (Å²) in [5, 5.41) is 7.06. The zero-order chi connectivity index (χ0) is 19.4. The van der Waals surface area contributed by atoms with Gasteiger partial charge >= 0.3 is 0 Å². The van der Waals surface area contributed by atoms with Gasteiger partial charge in [0, 0.05) is 22.8 Å². The maximum atomic E-state index is 12.6. The van der Waals surface area contributed by atoms with Crippen molar-refractivity contribution in [2.24, 2.45) is 0 Å². The monoisotopic (exact) mass is 380 g/mol. The predicted octanol–water partition coefficient (Wildman–Crippen LogP) is 4.67. The molecule has 0 fully saturated rings. The van der Waals surface area contributed by atoms with Crippen molar-refractivity contribution in [3.8, 4) is 0 Å². The lowest BCUT2D eigenvalue weighted by Gasteiger charge is -2.12. The number of thiophene rings is 1. The number of amides is 2. The number of rotatable bonds is 6. The third-order valence-corrected chi connectivity index (χ3v) is 5.95. The minimum Gasteiger partial charge on any atom is -0.350 e. The van der Waals surface area contributed by atoms with Crippen LogP contribution in [0.5, 0.6) is 0 Å². The van der Waals surface area contributed by atoms with Gasteiger partial charge in [0.1, 0.15) is 0 Å². The molecule has 3 rings (SSSR count). The quantitative estimate of drug-likeness (QED) is 0.653. The van der Waals surface area contributed by atoms with Crippen LogP contribution in [0.2, 0.25) is 0 Å². The summed E-state index contributed by atoms with van der Waals surface area (Å²) in [6, 6.07) is 15.6. The Kier molecular flexibility index (Phi) is 5.91. The molecule has 0 spiro atoms. The van der Waals surface area contributed by atoms with Gasteiger partial charge in [-0.15, -0.1) is 11.3 Å². The molecule has 3 aromatic rings. The van der Waals surface area contributed by atoms with E-state index in [0.717, 1.165) is 32.5 Å². The normalized spacial score (nSPS) is 12.0. The molecule has 2 aromatic carbocycles. The average Bonchev–Trinajstić information content (AvgIpc) is 3.03. The van der Waals surface area contributed by atoms with E-state index in [0.29, 0.717) is 12.1 Å². The average molecular weight is 381 g/mol. The van der Waals surface area contributed by atoms with Gasteiger partial charge in [-0.05, 0) is 55.0 Å². The van der Waals surface area contributed by atoms with Gasteiger partial charge in [-0.3, -0.25) is 9.59 Å². The molecule has 0 bridgehead atoms. The molecule has 0 saturated carbocycles. The van der Waals surface area contributed by atoms with E-state index >= 15 is 0 Å². The third-order valence-electron chi connectivity index (χ3n) is 4.68. The SMILES string of the molecule is CCC(C)NC(=O)c1cccc(CNC(=O)c2sc3ccccc3c2C)c1. The first-order chi connectivity index (χ1) is 13.0. The number of aryl methyl sites for hydroxylation is 1. The molecule has 4 nitrogen and oxygen atoms in total. The van der Waals surface area contributed by atoms with E-state index < -0.39 is 0 Å². The zero-order valence-corrected chi connectivity index (χ0v) is 16.7. The summed E-state index contributed by atoms with van der Waals surface area (Å²) in [6.45, 7) is 6.38. The number of fused-ring (bicyclic) bond motifs is 1. The van der Waals surface area contributed by atoms with Crippen LogP contribution in [0.3, 0.4) is 0 Å². The molecule has 27 heavy (non-hydrogen) atoms. The molecule has 1 atom stereocenters. The summed E-state index contributed by atoms with van der Waals surface area (Å²) in [4.78, 5) is 25.6. The molecule has 0 saturated heterocycles. The Labute approximate surface area is 163 Å². The van der Waals surface area contributed by atoms with Crippen LogP contribution in [0, 0.1) is 6.92 Å². The van der Waals surface area contributed by atoms with Gasteiger partial charge in [0.2, 0.25) is 0 Å². The number of benzene rings is 2. The molecule has 0 aliphatic rings.